The molecule has 0 saturated carbocycles. The molecule has 4 heteroatoms. The van der Waals surface area contributed by atoms with Crippen molar-refractivity contribution in [2.45, 2.75) is 20.5 Å². The second-order valence-electron chi connectivity index (χ2n) is 3.78. The predicted octanol–water partition coefficient (Wildman–Crippen LogP) is 2.74. The Bertz CT molecular complexity index is 520. The molecule has 0 radical (unpaired) electrons. The molecule has 2 rings (SSSR count). The molecule has 0 bridgehead atoms. The average molecular weight is 281 g/mol. The van der Waals surface area contributed by atoms with E-state index in [1.807, 2.05) is 42.8 Å². The summed E-state index contributed by atoms with van der Waals surface area (Å²) in [5.41, 5.74) is 3.89. The first kappa shape index (κ1) is 11.4. The first-order valence-corrected chi connectivity index (χ1v) is 5.84. The summed E-state index contributed by atoms with van der Waals surface area (Å²) >= 11 is 3.50. The highest BCUT2D eigenvalue weighted by Crippen LogP contribution is 2.21. The van der Waals surface area contributed by atoms with Gasteiger partial charge in [-0.05, 0) is 37.6 Å². The summed E-state index contributed by atoms with van der Waals surface area (Å²) in [5.74, 6) is 0. The summed E-state index contributed by atoms with van der Waals surface area (Å²) in [6, 6.07) is 7.96. The van der Waals surface area contributed by atoms with Gasteiger partial charge in [-0.15, -0.1) is 0 Å². The molecule has 3 nitrogen and oxygen atoms in total. The average Bonchev–Trinajstić information content (AvgIpc) is 2.64. The molecule has 1 heterocycles. The van der Waals surface area contributed by atoms with Crippen molar-refractivity contribution in [3.63, 3.8) is 0 Å². The van der Waals surface area contributed by atoms with Gasteiger partial charge in [-0.2, -0.15) is 5.10 Å². The fraction of sp³-hybridized carbons (Fsp3) is 0.250. The van der Waals surface area contributed by atoms with Crippen molar-refractivity contribution < 1.29 is 5.11 Å². The molecule has 0 unspecified atom stereocenters. The minimum Gasteiger partial charge on any atom is -0.390 e. The highest BCUT2D eigenvalue weighted by atomic mass is 79.9. The number of hydrogen-bond donors (Lipinski definition) is 1. The molecule has 0 aliphatic rings. The van der Waals surface area contributed by atoms with Crippen molar-refractivity contribution in [2.24, 2.45) is 0 Å². The molecule has 16 heavy (non-hydrogen) atoms. The number of aromatic nitrogens is 2. The predicted molar refractivity (Wildman–Crippen MR) is 66.7 cm³/mol. The molecule has 2 aromatic rings. The number of benzene rings is 1. The Morgan fingerprint density at radius 1 is 1.31 bits per heavy atom. The maximum atomic E-state index is 9.04. The second-order valence-corrected chi connectivity index (χ2v) is 4.63. The third-order valence-corrected chi connectivity index (χ3v) is 3.35. The van der Waals surface area contributed by atoms with Gasteiger partial charge in [-0.25, -0.2) is 4.68 Å². The quantitative estimate of drug-likeness (QED) is 0.919. The van der Waals surface area contributed by atoms with Crippen LogP contribution in [0.5, 0.6) is 0 Å². The molecular formula is C12H13BrN2O. The van der Waals surface area contributed by atoms with Crippen molar-refractivity contribution in [3.05, 3.63) is 45.7 Å². The normalized spacial score (nSPS) is 10.8. The van der Waals surface area contributed by atoms with E-state index in [1.165, 1.54) is 5.56 Å². The van der Waals surface area contributed by atoms with Crippen LogP contribution in [0.2, 0.25) is 0 Å². The summed E-state index contributed by atoms with van der Waals surface area (Å²) in [4.78, 5) is 0. The van der Waals surface area contributed by atoms with Crippen LogP contribution in [0, 0.1) is 13.8 Å². The van der Waals surface area contributed by atoms with Gasteiger partial charge in [-0.3, -0.25) is 0 Å². The Labute approximate surface area is 103 Å². The van der Waals surface area contributed by atoms with Gasteiger partial charge in [0.1, 0.15) is 0 Å². The first-order chi connectivity index (χ1) is 7.61. The van der Waals surface area contributed by atoms with E-state index in [1.54, 1.807) is 0 Å². The standard InChI is InChI=1S/C12H13BrN2O/c1-8-3-4-11(6-12(8)13)15-9(2)5-10(7-16)14-15/h3-6,16H,7H2,1-2H3. The molecule has 0 saturated heterocycles. The fourth-order valence-electron chi connectivity index (χ4n) is 1.59. The van der Waals surface area contributed by atoms with Gasteiger partial charge < -0.3 is 5.11 Å². The Kier molecular flexibility index (Phi) is 3.12. The summed E-state index contributed by atoms with van der Waals surface area (Å²) in [5, 5.41) is 13.4. The van der Waals surface area contributed by atoms with Crippen molar-refractivity contribution in [1.82, 2.24) is 9.78 Å². The molecular weight excluding hydrogens is 268 g/mol. The van der Waals surface area contributed by atoms with Crippen molar-refractivity contribution in [1.29, 1.82) is 0 Å². The van der Waals surface area contributed by atoms with Crippen LogP contribution in [0.3, 0.4) is 0 Å². The zero-order chi connectivity index (χ0) is 11.7. The van der Waals surface area contributed by atoms with Crippen LogP contribution >= 0.6 is 15.9 Å². The first-order valence-electron chi connectivity index (χ1n) is 5.04. The van der Waals surface area contributed by atoms with E-state index in [0.717, 1.165) is 15.9 Å². The Morgan fingerprint density at radius 3 is 2.62 bits per heavy atom. The molecule has 0 aliphatic heterocycles. The smallest absolute Gasteiger partial charge is 0.0886 e. The lowest BCUT2D eigenvalue weighted by molar-refractivity contribution is 0.276. The zero-order valence-electron chi connectivity index (χ0n) is 9.24. The van der Waals surface area contributed by atoms with Crippen molar-refractivity contribution >= 4 is 15.9 Å². The van der Waals surface area contributed by atoms with Crippen molar-refractivity contribution in [3.8, 4) is 5.69 Å². The molecule has 84 valence electrons. The van der Waals surface area contributed by atoms with Crippen molar-refractivity contribution in [2.75, 3.05) is 0 Å². The van der Waals surface area contributed by atoms with Gasteiger partial charge in [0.15, 0.2) is 0 Å². The van der Waals surface area contributed by atoms with Gasteiger partial charge in [0.05, 0.1) is 18.0 Å². The zero-order valence-corrected chi connectivity index (χ0v) is 10.8. The Balaban J connectivity index is 2.49. The van der Waals surface area contributed by atoms with E-state index in [-0.39, 0.29) is 6.61 Å². The SMILES string of the molecule is Cc1ccc(-n2nc(CO)cc2C)cc1Br. The fourth-order valence-corrected chi connectivity index (χ4v) is 1.96. The van der Waals surface area contributed by atoms with Crippen LogP contribution in [0.1, 0.15) is 17.0 Å². The minimum atomic E-state index is -0.0269. The minimum absolute atomic E-state index is 0.0269. The van der Waals surface area contributed by atoms with Gasteiger partial charge in [0.25, 0.3) is 0 Å². The van der Waals surface area contributed by atoms with Crippen LogP contribution in [0.25, 0.3) is 5.69 Å². The monoisotopic (exact) mass is 280 g/mol. The molecule has 0 spiro atoms. The summed E-state index contributed by atoms with van der Waals surface area (Å²) in [7, 11) is 0. The van der Waals surface area contributed by atoms with E-state index in [4.69, 9.17) is 5.11 Å². The van der Waals surface area contributed by atoms with Gasteiger partial charge in [-0.1, -0.05) is 22.0 Å². The molecule has 1 aromatic heterocycles. The van der Waals surface area contributed by atoms with E-state index in [0.29, 0.717) is 5.69 Å². The maximum absolute atomic E-state index is 9.04. The number of aryl methyl sites for hydroxylation is 2. The molecule has 1 aromatic carbocycles. The number of aliphatic hydroxyl groups is 1. The van der Waals surface area contributed by atoms with Crippen LogP contribution in [-0.2, 0) is 6.61 Å². The second kappa shape index (κ2) is 4.39. The van der Waals surface area contributed by atoms with E-state index >= 15 is 0 Å². The maximum Gasteiger partial charge on any atom is 0.0886 e. The molecule has 0 fully saturated rings. The molecule has 1 N–H and O–H groups in total. The third kappa shape index (κ3) is 2.03. The number of hydrogen-bond acceptors (Lipinski definition) is 2. The highest BCUT2D eigenvalue weighted by Gasteiger charge is 2.06. The summed E-state index contributed by atoms with van der Waals surface area (Å²) in [6.45, 7) is 3.99. The van der Waals surface area contributed by atoms with E-state index in [9.17, 15) is 0 Å². The number of nitrogens with zero attached hydrogens (tertiary/aromatic N) is 2. The number of aliphatic hydroxyl groups excluding tert-OH is 1. The van der Waals surface area contributed by atoms with Crippen LogP contribution in [-0.4, -0.2) is 14.9 Å². The summed E-state index contributed by atoms with van der Waals surface area (Å²) in [6.07, 6.45) is 0. The molecule has 0 amide bonds. The van der Waals surface area contributed by atoms with Crippen LogP contribution < -0.4 is 0 Å². The Hall–Kier alpha value is -1.13. The lowest BCUT2D eigenvalue weighted by Crippen LogP contribution is -1.99. The van der Waals surface area contributed by atoms with Crippen LogP contribution in [0.4, 0.5) is 0 Å². The number of halogens is 1. The summed E-state index contributed by atoms with van der Waals surface area (Å²) < 4.78 is 2.89. The van der Waals surface area contributed by atoms with Gasteiger partial charge in [0, 0.05) is 10.2 Å². The van der Waals surface area contributed by atoms with Gasteiger partial charge in [0.2, 0.25) is 0 Å². The van der Waals surface area contributed by atoms with Crippen LogP contribution in [0.15, 0.2) is 28.7 Å². The lowest BCUT2D eigenvalue weighted by Gasteiger charge is -2.06. The van der Waals surface area contributed by atoms with E-state index < -0.39 is 0 Å². The number of rotatable bonds is 2. The Morgan fingerprint density at radius 2 is 2.06 bits per heavy atom. The van der Waals surface area contributed by atoms with Gasteiger partial charge >= 0.3 is 0 Å². The lowest BCUT2D eigenvalue weighted by atomic mass is 10.2. The topological polar surface area (TPSA) is 38.0 Å². The highest BCUT2D eigenvalue weighted by molar-refractivity contribution is 9.10. The largest absolute Gasteiger partial charge is 0.390 e. The molecule has 0 aliphatic carbocycles. The molecule has 0 atom stereocenters. The van der Waals surface area contributed by atoms with E-state index in [2.05, 4.69) is 21.0 Å². The third-order valence-electron chi connectivity index (χ3n) is 2.50.